The average Bonchev–Trinajstić information content (AvgIpc) is 3.15. The molecule has 3 aromatic rings. The predicted octanol–water partition coefficient (Wildman–Crippen LogP) is 3.33. The van der Waals surface area contributed by atoms with E-state index in [2.05, 4.69) is 16.4 Å². The zero-order chi connectivity index (χ0) is 18.6. The van der Waals surface area contributed by atoms with Crippen LogP contribution in [-0.4, -0.2) is 29.9 Å². The molecule has 5 heteroatoms. The van der Waals surface area contributed by atoms with Gasteiger partial charge in [0.2, 0.25) is 5.91 Å². The number of carbonyl (C=O) groups excluding carboxylic acids is 2. The molecule has 0 unspecified atom stereocenters. The summed E-state index contributed by atoms with van der Waals surface area (Å²) in [5, 5.41) is 3.86. The van der Waals surface area contributed by atoms with E-state index in [-0.39, 0.29) is 11.8 Å². The molecule has 0 atom stereocenters. The number of amides is 2. The van der Waals surface area contributed by atoms with Gasteiger partial charge in [-0.15, -0.1) is 0 Å². The number of pyridine rings is 1. The highest BCUT2D eigenvalue weighted by molar-refractivity contribution is 5.96. The summed E-state index contributed by atoms with van der Waals surface area (Å²) in [7, 11) is 0. The number of nitrogens with one attached hydrogen (secondary N) is 1. The molecule has 0 radical (unpaired) electrons. The van der Waals surface area contributed by atoms with Crippen LogP contribution in [-0.2, 0) is 11.2 Å². The normalized spacial score (nSPS) is 12.8. The highest BCUT2D eigenvalue weighted by Gasteiger charge is 2.23. The number of benzene rings is 2. The quantitative estimate of drug-likeness (QED) is 0.711. The lowest BCUT2D eigenvalue weighted by atomic mass is 10.2. The van der Waals surface area contributed by atoms with Crippen molar-refractivity contribution < 1.29 is 9.59 Å². The van der Waals surface area contributed by atoms with Gasteiger partial charge in [-0.1, -0.05) is 42.5 Å². The van der Waals surface area contributed by atoms with Crippen LogP contribution in [0.2, 0.25) is 0 Å². The Morgan fingerprint density at radius 3 is 2.74 bits per heavy atom. The third kappa shape index (κ3) is 3.67. The summed E-state index contributed by atoms with van der Waals surface area (Å²) in [6.07, 6.45) is 1.93. The maximum atomic E-state index is 12.5. The van der Waals surface area contributed by atoms with E-state index < -0.39 is 0 Å². The van der Waals surface area contributed by atoms with Crippen molar-refractivity contribution in [3.8, 4) is 0 Å². The van der Waals surface area contributed by atoms with E-state index in [4.69, 9.17) is 0 Å². The Morgan fingerprint density at radius 2 is 1.81 bits per heavy atom. The first kappa shape index (κ1) is 17.2. The second-order valence-electron chi connectivity index (χ2n) is 6.67. The summed E-state index contributed by atoms with van der Waals surface area (Å²) in [4.78, 5) is 31.0. The minimum Gasteiger partial charge on any atom is -0.351 e. The van der Waals surface area contributed by atoms with Crippen molar-refractivity contribution in [1.29, 1.82) is 0 Å². The molecule has 1 aromatic heterocycles. The Labute approximate surface area is 158 Å². The van der Waals surface area contributed by atoms with Gasteiger partial charge in [-0.3, -0.25) is 9.59 Å². The minimum absolute atomic E-state index is 0.109. The third-order valence-corrected chi connectivity index (χ3v) is 4.87. The second kappa shape index (κ2) is 7.58. The van der Waals surface area contributed by atoms with Gasteiger partial charge in [0.1, 0.15) is 5.69 Å². The molecule has 1 aliphatic heterocycles. The van der Waals surface area contributed by atoms with Crippen LogP contribution >= 0.6 is 0 Å². The summed E-state index contributed by atoms with van der Waals surface area (Å²) in [5.74, 6) is -0.0993. The van der Waals surface area contributed by atoms with Gasteiger partial charge in [-0.25, -0.2) is 4.98 Å². The van der Waals surface area contributed by atoms with E-state index in [1.54, 1.807) is 6.07 Å². The Hall–Kier alpha value is -3.21. The smallest absolute Gasteiger partial charge is 0.269 e. The standard InChI is InChI=1S/C22H21N3O2/c26-21(25-15-13-17-7-2-4-9-20(17)25)10-5-14-23-22(27)19-12-11-16-6-1-3-8-18(16)24-19/h1-4,6-9,11-12H,5,10,13-15H2,(H,23,27). The van der Waals surface area contributed by atoms with Crippen LogP contribution in [0.5, 0.6) is 0 Å². The van der Waals surface area contributed by atoms with Crippen molar-refractivity contribution in [3.63, 3.8) is 0 Å². The summed E-state index contributed by atoms with van der Waals surface area (Å²) in [5.41, 5.74) is 3.44. The van der Waals surface area contributed by atoms with Crippen molar-refractivity contribution >= 4 is 28.4 Å². The third-order valence-electron chi connectivity index (χ3n) is 4.87. The maximum absolute atomic E-state index is 12.5. The van der Waals surface area contributed by atoms with E-state index in [0.717, 1.165) is 29.6 Å². The lowest BCUT2D eigenvalue weighted by Crippen LogP contribution is -2.30. The van der Waals surface area contributed by atoms with Gasteiger partial charge in [-0.05, 0) is 36.6 Å². The molecule has 0 saturated carbocycles. The van der Waals surface area contributed by atoms with Crippen LogP contribution in [0.3, 0.4) is 0 Å². The Balaban J connectivity index is 1.28. The predicted molar refractivity (Wildman–Crippen MR) is 106 cm³/mol. The molecule has 0 bridgehead atoms. The van der Waals surface area contributed by atoms with Gasteiger partial charge in [0, 0.05) is 30.6 Å². The van der Waals surface area contributed by atoms with E-state index in [9.17, 15) is 9.59 Å². The Bertz CT molecular complexity index is 1000. The molecule has 2 amide bonds. The monoisotopic (exact) mass is 359 g/mol. The van der Waals surface area contributed by atoms with Crippen LogP contribution in [0, 0.1) is 0 Å². The first-order chi connectivity index (χ1) is 13.2. The van der Waals surface area contributed by atoms with Crippen molar-refractivity contribution in [2.24, 2.45) is 0 Å². The van der Waals surface area contributed by atoms with Gasteiger partial charge in [0.05, 0.1) is 5.52 Å². The van der Waals surface area contributed by atoms with E-state index in [1.807, 2.05) is 53.4 Å². The van der Waals surface area contributed by atoms with Crippen molar-refractivity contribution in [1.82, 2.24) is 10.3 Å². The number of aromatic nitrogens is 1. The molecule has 136 valence electrons. The van der Waals surface area contributed by atoms with Gasteiger partial charge in [0.15, 0.2) is 0 Å². The lowest BCUT2D eigenvalue weighted by molar-refractivity contribution is -0.118. The molecule has 4 rings (SSSR count). The summed E-state index contributed by atoms with van der Waals surface area (Å²) in [6.45, 7) is 1.19. The van der Waals surface area contributed by atoms with Gasteiger partial charge in [-0.2, -0.15) is 0 Å². The molecular weight excluding hydrogens is 338 g/mol. The molecule has 2 heterocycles. The van der Waals surface area contributed by atoms with E-state index in [0.29, 0.717) is 25.1 Å². The minimum atomic E-state index is -0.209. The average molecular weight is 359 g/mol. The molecule has 2 aromatic carbocycles. The zero-order valence-electron chi connectivity index (χ0n) is 15.0. The van der Waals surface area contributed by atoms with Gasteiger partial charge in [0.25, 0.3) is 5.91 Å². The number of rotatable bonds is 5. The fourth-order valence-corrected chi connectivity index (χ4v) is 3.46. The zero-order valence-corrected chi connectivity index (χ0v) is 15.0. The number of hydrogen-bond acceptors (Lipinski definition) is 3. The molecular formula is C22H21N3O2. The Kier molecular flexibility index (Phi) is 4.83. The molecule has 0 aliphatic carbocycles. The first-order valence-corrected chi connectivity index (χ1v) is 9.24. The van der Waals surface area contributed by atoms with Crippen LogP contribution in [0.4, 0.5) is 5.69 Å². The highest BCUT2D eigenvalue weighted by Crippen LogP contribution is 2.27. The van der Waals surface area contributed by atoms with Crippen molar-refractivity contribution in [2.45, 2.75) is 19.3 Å². The number of carbonyl (C=O) groups is 2. The van der Waals surface area contributed by atoms with Crippen LogP contribution in [0.25, 0.3) is 10.9 Å². The van der Waals surface area contributed by atoms with E-state index >= 15 is 0 Å². The summed E-state index contributed by atoms with van der Waals surface area (Å²) >= 11 is 0. The molecule has 5 nitrogen and oxygen atoms in total. The Morgan fingerprint density at radius 1 is 1.00 bits per heavy atom. The largest absolute Gasteiger partial charge is 0.351 e. The SMILES string of the molecule is O=C(NCCCC(=O)N1CCc2ccccc21)c1ccc2ccccc2n1. The number of nitrogens with zero attached hydrogens (tertiary/aromatic N) is 2. The van der Waals surface area contributed by atoms with Crippen LogP contribution in [0.15, 0.2) is 60.7 Å². The molecule has 0 spiro atoms. The summed E-state index contributed by atoms with van der Waals surface area (Å²) in [6, 6.07) is 19.3. The molecule has 1 N–H and O–H groups in total. The van der Waals surface area contributed by atoms with E-state index in [1.165, 1.54) is 5.56 Å². The number of hydrogen-bond donors (Lipinski definition) is 1. The van der Waals surface area contributed by atoms with Gasteiger partial charge < -0.3 is 10.2 Å². The number of anilines is 1. The summed E-state index contributed by atoms with van der Waals surface area (Å²) < 4.78 is 0. The highest BCUT2D eigenvalue weighted by atomic mass is 16.2. The topological polar surface area (TPSA) is 62.3 Å². The fraction of sp³-hybridized carbons (Fsp3) is 0.227. The van der Waals surface area contributed by atoms with Crippen molar-refractivity contribution in [2.75, 3.05) is 18.0 Å². The maximum Gasteiger partial charge on any atom is 0.269 e. The van der Waals surface area contributed by atoms with Crippen LogP contribution < -0.4 is 10.2 Å². The fourth-order valence-electron chi connectivity index (χ4n) is 3.46. The van der Waals surface area contributed by atoms with Gasteiger partial charge >= 0.3 is 0 Å². The first-order valence-electron chi connectivity index (χ1n) is 9.24. The second-order valence-corrected chi connectivity index (χ2v) is 6.67. The number of fused-ring (bicyclic) bond motifs is 2. The molecule has 0 saturated heterocycles. The number of para-hydroxylation sites is 2. The lowest BCUT2D eigenvalue weighted by Gasteiger charge is -2.17. The molecule has 0 fully saturated rings. The van der Waals surface area contributed by atoms with Crippen molar-refractivity contribution in [3.05, 3.63) is 71.9 Å². The van der Waals surface area contributed by atoms with Crippen LogP contribution in [0.1, 0.15) is 28.9 Å². The molecule has 1 aliphatic rings. The molecule has 27 heavy (non-hydrogen) atoms.